The minimum absolute atomic E-state index is 0.673. The summed E-state index contributed by atoms with van der Waals surface area (Å²) in [6.45, 7) is 16.4. The van der Waals surface area contributed by atoms with Gasteiger partial charge in [-0.2, -0.15) is 0 Å². The fourth-order valence-corrected chi connectivity index (χ4v) is 13.0. The number of aromatic nitrogens is 9. The zero-order valence-corrected chi connectivity index (χ0v) is 59.8. The van der Waals surface area contributed by atoms with Crippen molar-refractivity contribution in [2.75, 3.05) is 0 Å². The highest BCUT2D eigenvalue weighted by Crippen LogP contribution is 2.41. The van der Waals surface area contributed by atoms with Gasteiger partial charge in [-0.1, -0.05) is 272 Å². The Morgan fingerprint density at radius 1 is 0.231 bits per heavy atom. The molecule has 0 saturated carbocycles. The first kappa shape index (κ1) is 68.5. The molecule has 0 bridgehead atoms. The van der Waals surface area contributed by atoms with Gasteiger partial charge in [0.1, 0.15) is 62.6 Å². The number of fused-ring (bicyclic) bond motifs is 13. The van der Waals surface area contributed by atoms with Gasteiger partial charge in [0.05, 0.1) is 0 Å². The average Bonchev–Trinajstić information content (AvgIpc) is 1.62. The maximum absolute atomic E-state index is 6.22. The van der Waals surface area contributed by atoms with Gasteiger partial charge in [-0.3, -0.25) is 0 Å². The van der Waals surface area contributed by atoms with E-state index in [1.807, 2.05) is 117 Å². The van der Waals surface area contributed by atoms with E-state index in [2.05, 4.69) is 226 Å². The smallest absolute Gasteiger partial charge is 0.164 e. The SMILES string of the molecule is CC.CCc1nc(-c2ccccc2)nc(-c2cccc3oc4cc5ccccc5cc4c23)n1.CCc1nc(CC)nc(-c2cccc3oc4cc5ccccc5cc4c23)n1.CCc1nc(CC)nc(-c2cccc3oc4cc5ccccc5cc4c23)n1.Cc1ccccc1.c1ccc2ccccc2c1. The van der Waals surface area contributed by atoms with E-state index in [1.54, 1.807) is 0 Å². The Bertz CT molecular complexity index is 5910. The molecule has 104 heavy (non-hydrogen) atoms. The predicted octanol–water partition coefficient (Wildman–Crippen LogP) is 24.1. The van der Waals surface area contributed by atoms with Crippen molar-refractivity contribution in [1.29, 1.82) is 0 Å². The van der Waals surface area contributed by atoms with Crippen LogP contribution in [0, 0.1) is 6.92 Å². The van der Waals surface area contributed by atoms with E-state index in [-0.39, 0.29) is 0 Å². The molecule has 0 aliphatic carbocycles. The summed E-state index contributed by atoms with van der Waals surface area (Å²) in [7, 11) is 0. The highest BCUT2D eigenvalue weighted by Gasteiger charge is 2.21. The third-order valence-corrected chi connectivity index (χ3v) is 18.2. The molecule has 0 atom stereocenters. The quantitative estimate of drug-likeness (QED) is 0.135. The molecule has 0 saturated heterocycles. The molecule has 6 heterocycles. The zero-order valence-electron chi connectivity index (χ0n) is 59.8. The lowest BCUT2D eigenvalue weighted by Gasteiger charge is -2.08. The van der Waals surface area contributed by atoms with Crippen LogP contribution in [0.5, 0.6) is 0 Å². The lowest BCUT2D eigenvalue weighted by atomic mass is 10.0. The Balaban J connectivity index is 0.000000117. The van der Waals surface area contributed by atoms with Gasteiger partial charge in [0.2, 0.25) is 0 Å². The summed E-state index contributed by atoms with van der Waals surface area (Å²) in [5, 5.41) is 16.1. The van der Waals surface area contributed by atoms with Crippen molar-refractivity contribution in [3.63, 3.8) is 0 Å². The van der Waals surface area contributed by atoms with Crippen molar-refractivity contribution < 1.29 is 13.3 Å². The Labute approximate surface area is 604 Å². The molecule has 0 amide bonds. The first-order chi connectivity index (χ1) is 51.2. The molecule has 6 aromatic heterocycles. The van der Waals surface area contributed by atoms with Gasteiger partial charge in [-0.25, -0.2) is 44.9 Å². The molecule has 13 aromatic carbocycles. The Kier molecular flexibility index (Phi) is 20.7. The van der Waals surface area contributed by atoms with E-state index in [4.69, 9.17) is 43.2 Å². The van der Waals surface area contributed by atoms with Crippen LogP contribution in [0.3, 0.4) is 0 Å². The summed E-state index contributed by atoms with van der Waals surface area (Å²) in [4.78, 5) is 42.2. The van der Waals surface area contributed by atoms with E-state index in [1.165, 1.54) is 43.3 Å². The number of hydrogen-bond acceptors (Lipinski definition) is 12. The summed E-state index contributed by atoms with van der Waals surface area (Å²) in [6.07, 6.45) is 3.89. The van der Waals surface area contributed by atoms with Crippen molar-refractivity contribution in [2.24, 2.45) is 0 Å². The van der Waals surface area contributed by atoms with Crippen LogP contribution in [0.25, 0.3) is 154 Å². The number of hydrogen-bond donors (Lipinski definition) is 0. The number of aryl methyl sites for hydroxylation is 6. The van der Waals surface area contributed by atoms with E-state index < -0.39 is 0 Å². The third-order valence-electron chi connectivity index (χ3n) is 18.2. The van der Waals surface area contributed by atoms with Gasteiger partial charge >= 0.3 is 0 Å². The number of nitrogens with zero attached hydrogens (tertiary/aromatic N) is 9. The molecule has 0 N–H and O–H groups in total. The molecule has 0 radical (unpaired) electrons. The van der Waals surface area contributed by atoms with Crippen molar-refractivity contribution >= 4 is 109 Å². The van der Waals surface area contributed by atoms with E-state index in [9.17, 15) is 0 Å². The number of benzene rings is 13. The van der Waals surface area contributed by atoms with Crippen LogP contribution >= 0.6 is 0 Å². The lowest BCUT2D eigenvalue weighted by molar-refractivity contribution is 0.669. The highest BCUT2D eigenvalue weighted by molar-refractivity contribution is 6.17. The van der Waals surface area contributed by atoms with Crippen LogP contribution in [-0.4, -0.2) is 44.9 Å². The molecule has 0 aliphatic heterocycles. The standard InChI is InChI=1S/C27H19N3O.2C23H19N3O.C10H8.C7H8.C2H6/c1-2-24-28-26(17-9-4-3-5-10-17)30-27(29-24)20-13-8-14-22-25(20)21-15-18-11-6-7-12-19(18)16-23(21)31-22;2*1-3-20-24-21(4-2)26-23(25-20)16-10-7-11-18-22(16)17-12-14-8-5-6-9-15(14)13-19(17)27-18;1-2-6-10-8-4-3-7-9(10)5-1;1-7-5-3-2-4-6-7;1-2/h3-16H,2H2,1H3;2*5-13H,3-4H2,1-2H3;1-8H;2-6H,1H3;1-2H3. The van der Waals surface area contributed by atoms with Gasteiger partial charge in [0, 0.05) is 86.7 Å². The Morgan fingerprint density at radius 2 is 0.490 bits per heavy atom. The largest absolute Gasteiger partial charge is 0.456 e. The van der Waals surface area contributed by atoms with E-state index in [0.717, 1.165) is 166 Å². The predicted molar refractivity (Wildman–Crippen MR) is 429 cm³/mol. The summed E-state index contributed by atoms with van der Waals surface area (Å²) in [5.74, 6) is 6.89. The molecular weight excluding hydrogens is 1280 g/mol. The second-order valence-electron chi connectivity index (χ2n) is 24.9. The fraction of sp³-hybridized carbons (Fsp3) is 0.141. The Hall–Kier alpha value is -12.7. The third kappa shape index (κ3) is 14.6. The monoisotopic (exact) mass is 1360 g/mol. The highest BCUT2D eigenvalue weighted by atomic mass is 16.3. The Morgan fingerprint density at radius 3 is 0.788 bits per heavy atom. The van der Waals surface area contributed by atoms with Crippen LogP contribution < -0.4 is 0 Å². The minimum atomic E-state index is 0.673. The van der Waals surface area contributed by atoms with Crippen molar-refractivity contribution in [3.8, 4) is 45.6 Å². The van der Waals surface area contributed by atoms with E-state index in [0.29, 0.717) is 11.6 Å². The number of furan rings is 3. The molecule has 0 spiro atoms. The van der Waals surface area contributed by atoms with Crippen LogP contribution in [0.4, 0.5) is 0 Å². The maximum Gasteiger partial charge on any atom is 0.164 e. The van der Waals surface area contributed by atoms with Crippen LogP contribution in [0.15, 0.2) is 286 Å². The van der Waals surface area contributed by atoms with Crippen LogP contribution in [0.1, 0.15) is 83.2 Å². The van der Waals surface area contributed by atoms with E-state index >= 15 is 0 Å². The summed E-state index contributed by atoms with van der Waals surface area (Å²) >= 11 is 0. The van der Waals surface area contributed by atoms with Crippen LogP contribution in [0.2, 0.25) is 0 Å². The van der Waals surface area contributed by atoms with Crippen molar-refractivity contribution in [1.82, 2.24) is 44.9 Å². The van der Waals surface area contributed by atoms with Gasteiger partial charge in [0.25, 0.3) is 0 Å². The van der Waals surface area contributed by atoms with Gasteiger partial charge in [0.15, 0.2) is 23.3 Å². The minimum Gasteiger partial charge on any atom is -0.456 e. The molecule has 19 rings (SSSR count). The molecule has 12 nitrogen and oxygen atoms in total. The van der Waals surface area contributed by atoms with Crippen molar-refractivity contribution in [3.05, 3.63) is 308 Å². The molecule has 12 heteroatoms. The van der Waals surface area contributed by atoms with Gasteiger partial charge < -0.3 is 13.3 Å². The molecule has 510 valence electrons. The molecule has 19 aromatic rings. The lowest BCUT2D eigenvalue weighted by Crippen LogP contribution is -2.04. The second-order valence-corrected chi connectivity index (χ2v) is 24.9. The summed E-state index contributed by atoms with van der Waals surface area (Å²) in [5.41, 5.74) is 10.4. The summed E-state index contributed by atoms with van der Waals surface area (Å²) < 4.78 is 18.6. The van der Waals surface area contributed by atoms with Gasteiger partial charge in [-0.15, -0.1) is 0 Å². The topological polar surface area (TPSA) is 155 Å². The molecule has 0 fully saturated rings. The fourth-order valence-electron chi connectivity index (χ4n) is 13.0. The first-order valence-corrected chi connectivity index (χ1v) is 36.0. The average molecular weight is 1360 g/mol. The normalized spacial score (nSPS) is 11.1. The molecule has 0 aliphatic rings. The first-order valence-electron chi connectivity index (χ1n) is 36.0. The van der Waals surface area contributed by atoms with Crippen LogP contribution in [-0.2, 0) is 32.1 Å². The zero-order chi connectivity index (χ0) is 71.5. The molecule has 0 unspecified atom stereocenters. The number of rotatable bonds is 9. The van der Waals surface area contributed by atoms with Gasteiger partial charge in [-0.05, 0) is 105 Å². The maximum atomic E-state index is 6.22. The summed E-state index contributed by atoms with van der Waals surface area (Å²) in [6, 6.07) is 93.2. The van der Waals surface area contributed by atoms with Crippen molar-refractivity contribution in [2.45, 2.75) is 87.5 Å². The second kappa shape index (κ2) is 31.5. The molecular formula is C92H79N9O3.